The van der Waals surface area contributed by atoms with Gasteiger partial charge in [0.15, 0.2) is 9.84 Å². The maximum Gasteiger partial charge on any atom is 0.251 e. The largest absolute Gasteiger partial charge is 0.337 e. The predicted molar refractivity (Wildman–Crippen MR) is 112 cm³/mol. The highest BCUT2D eigenvalue weighted by molar-refractivity contribution is 7.91. The number of amides is 1. The van der Waals surface area contributed by atoms with Crippen molar-refractivity contribution in [2.45, 2.75) is 56.5 Å². The molecule has 9 nitrogen and oxygen atoms in total. The number of hydrogen-bond acceptors (Lipinski definition) is 6. The minimum atomic E-state index is -3.71. The summed E-state index contributed by atoms with van der Waals surface area (Å²) < 4.78 is 51.8. The van der Waals surface area contributed by atoms with E-state index in [4.69, 9.17) is 0 Å². The number of rotatable bonds is 8. The second-order valence-electron chi connectivity index (χ2n) is 7.94. The quantitative estimate of drug-likeness (QED) is 0.558. The lowest BCUT2D eigenvalue weighted by Crippen LogP contribution is -2.44. The van der Waals surface area contributed by atoms with Crippen LogP contribution >= 0.6 is 0 Å². The van der Waals surface area contributed by atoms with Crippen molar-refractivity contribution in [2.24, 2.45) is 0 Å². The highest BCUT2D eigenvalue weighted by atomic mass is 32.2. The molecular formula is C19H29N3O6S2. The number of hydrogen-bond donors (Lipinski definition) is 0. The molecule has 11 heteroatoms. The average Bonchev–Trinajstić information content (AvgIpc) is 3.34. The molecule has 2 fully saturated rings. The van der Waals surface area contributed by atoms with Crippen molar-refractivity contribution in [3.8, 4) is 0 Å². The SMILES string of the molecule is CCCCN(C(=O)Cn1cc(S(=O)(=O)N2CCCC2)ccc1=O)[C@H]1CCS(=O)(=O)C1. The Hall–Kier alpha value is -1.72. The molecular weight excluding hydrogens is 430 g/mol. The number of carbonyl (C=O) groups excluding carboxylic acids is 1. The Bertz CT molecular complexity index is 1040. The molecule has 0 unspecified atom stereocenters. The third-order valence-corrected chi connectivity index (χ3v) is 9.32. The van der Waals surface area contributed by atoms with E-state index in [0.29, 0.717) is 26.1 Å². The van der Waals surface area contributed by atoms with Gasteiger partial charge in [-0.3, -0.25) is 9.59 Å². The first kappa shape index (κ1) is 23.0. The van der Waals surface area contributed by atoms with Gasteiger partial charge in [-0.2, -0.15) is 4.31 Å². The Kier molecular flexibility index (Phi) is 7.03. The summed E-state index contributed by atoms with van der Waals surface area (Å²) in [6.07, 6.45) is 4.77. The van der Waals surface area contributed by atoms with Crippen molar-refractivity contribution in [1.82, 2.24) is 13.8 Å². The highest BCUT2D eigenvalue weighted by Gasteiger charge is 2.34. The van der Waals surface area contributed by atoms with Crippen molar-refractivity contribution < 1.29 is 21.6 Å². The Morgan fingerprint density at radius 1 is 1.23 bits per heavy atom. The van der Waals surface area contributed by atoms with Gasteiger partial charge < -0.3 is 9.47 Å². The topological polar surface area (TPSA) is 114 Å². The summed E-state index contributed by atoms with van der Waals surface area (Å²) in [5, 5.41) is 0. The Labute approximate surface area is 177 Å². The first-order chi connectivity index (χ1) is 14.1. The molecule has 0 N–H and O–H groups in total. The smallest absolute Gasteiger partial charge is 0.251 e. The summed E-state index contributed by atoms with van der Waals surface area (Å²) in [5.74, 6) is -0.388. The molecule has 0 saturated carbocycles. The van der Waals surface area contributed by atoms with Crippen LogP contribution in [0, 0.1) is 0 Å². The van der Waals surface area contributed by atoms with E-state index in [-0.39, 0.29) is 28.9 Å². The lowest BCUT2D eigenvalue weighted by molar-refractivity contribution is -0.133. The molecule has 30 heavy (non-hydrogen) atoms. The van der Waals surface area contributed by atoms with E-state index in [2.05, 4.69) is 0 Å². The number of unbranched alkanes of at least 4 members (excludes halogenated alkanes) is 1. The van der Waals surface area contributed by atoms with Gasteiger partial charge in [0.25, 0.3) is 5.56 Å². The molecule has 0 spiro atoms. The highest BCUT2D eigenvalue weighted by Crippen LogP contribution is 2.21. The Morgan fingerprint density at radius 2 is 1.93 bits per heavy atom. The van der Waals surface area contributed by atoms with Gasteiger partial charge in [-0.1, -0.05) is 13.3 Å². The zero-order valence-corrected chi connectivity index (χ0v) is 18.8. The van der Waals surface area contributed by atoms with Gasteiger partial charge in [-0.15, -0.1) is 0 Å². The standard InChI is InChI=1S/C19H29N3O6S2/c1-2-3-11-22(16-8-12-29(25,26)15-16)19(24)14-20-13-17(6-7-18(20)23)30(27,28)21-9-4-5-10-21/h6-7,13,16H,2-5,8-12,14-15H2,1H3/t16-/m0/s1. The third kappa shape index (κ3) is 5.12. The van der Waals surface area contributed by atoms with Crippen LogP contribution in [0.1, 0.15) is 39.0 Å². The summed E-state index contributed by atoms with van der Waals surface area (Å²) in [6.45, 7) is 2.96. The van der Waals surface area contributed by atoms with Crippen molar-refractivity contribution >= 4 is 25.8 Å². The molecule has 3 rings (SSSR count). The maximum atomic E-state index is 13.0. The fourth-order valence-electron chi connectivity index (χ4n) is 3.96. The molecule has 168 valence electrons. The lowest BCUT2D eigenvalue weighted by atomic mass is 10.2. The van der Waals surface area contributed by atoms with E-state index in [9.17, 15) is 26.4 Å². The molecule has 1 aromatic heterocycles. The van der Waals surface area contributed by atoms with E-state index >= 15 is 0 Å². The van der Waals surface area contributed by atoms with Crippen molar-refractivity contribution in [2.75, 3.05) is 31.1 Å². The summed E-state index contributed by atoms with van der Waals surface area (Å²) in [5.41, 5.74) is -0.474. The minimum absolute atomic E-state index is 0.0136. The Balaban J connectivity index is 1.82. The first-order valence-corrected chi connectivity index (χ1v) is 13.6. The maximum absolute atomic E-state index is 13.0. The van der Waals surface area contributed by atoms with Crippen LogP contribution in [-0.4, -0.2) is 73.7 Å². The van der Waals surface area contributed by atoms with Gasteiger partial charge in [0, 0.05) is 37.9 Å². The molecule has 2 aliphatic heterocycles. The fourth-order valence-corrected chi connectivity index (χ4v) is 7.23. The van der Waals surface area contributed by atoms with Crippen LogP contribution in [0.15, 0.2) is 28.0 Å². The molecule has 0 aliphatic carbocycles. The van der Waals surface area contributed by atoms with E-state index in [1.165, 1.54) is 16.6 Å². The average molecular weight is 460 g/mol. The summed E-state index contributed by atoms with van der Waals surface area (Å²) in [4.78, 5) is 26.8. The number of nitrogens with zero attached hydrogens (tertiary/aromatic N) is 3. The number of sulfonamides is 1. The van der Waals surface area contributed by atoms with Crippen LogP contribution in [0.2, 0.25) is 0 Å². The van der Waals surface area contributed by atoms with Gasteiger partial charge in [0.2, 0.25) is 15.9 Å². The number of carbonyl (C=O) groups is 1. The van der Waals surface area contributed by atoms with Gasteiger partial charge in [-0.05, 0) is 31.7 Å². The van der Waals surface area contributed by atoms with Gasteiger partial charge >= 0.3 is 0 Å². The molecule has 2 aliphatic rings. The summed E-state index contributed by atoms with van der Waals surface area (Å²) >= 11 is 0. The molecule has 3 heterocycles. The van der Waals surface area contributed by atoms with E-state index in [0.717, 1.165) is 36.3 Å². The molecule has 1 amide bonds. The monoisotopic (exact) mass is 459 g/mol. The van der Waals surface area contributed by atoms with Gasteiger partial charge in [-0.25, -0.2) is 16.8 Å². The van der Waals surface area contributed by atoms with Crippen LogP contribution < -0.4 is 5.56 Å². The normalized spacial score (nSPS) is 21.7. The third-order valence-electron chi connectivity index (χ3n) is 5.69. The lowest BCUT2D eigenvalue weighted by Gasteiger charge is -2.28. The van der Waals surface area contributed by atoms with E-state index in [1.807, 2.05) is 6.92 Å². The van der Waals surface area contributed by atoms with E-state index in [1.54, 1.807) is 4.90 Å². The zero-order chi connectivity index (χ0) is 21.9. The number of pyridine rings is 1. The van der Waals surface area contributed by atoms with Crippen LogP contribution in [0.4, 0.5) is 0 Å². The zero-order valence-electron chi connectivity index (χ0n) is 17.2. The number of aromatic nitrogens is 1. The molecule has 1 atom stereocenters. The molecule has 1 aromatic rings. The van der Waals surface area contributed by atoms with Crippen molar-refractivity contribution in [3.05, 3.63) is 28.7 Å². The minimum Gasteiger partial charge on any atom is -0.337 e. The second-order valence-corrected chi connectivity index (χ2v) is 12.1. The molecule has 0 aromatic carbocycles. The van der Waals surface area contributed by atoms with Crippen LogP contribution in [0.3, 0.4) is 0 Å². The predicted octanol–water partition coefficient (Wildman–Crippen LogP) is 0.449. The number of sulfone groups is 1. The summed E-state index contributed by atoms with van der Waals surface area (Å²) in [7, 11) is -6.87. The summed E-state index contributed by atoms with van der Waals surface area (Å²) in [6, 6.07) is 2.03. The van der Waals surface area contributed by atoms with Crippen LogP contribution in [-0.2, 0) is 31.2 Å². The van der Waals surface area contributed by atoms with Crippen molar-refractivity contribution in [3.63, 3.8) is 0 Å². The Morgan fingerprint density at radius 3 is 2.53 bits per heavy atom. The van der Waals surface area contributed by atoms with Crippen LogP contribution in [0.25, 0.3) is 0 Å². The van der Waals surface area contributed by atoms with Gasteiger partial charge in [0.1, 0.15) is 6.54 Å². The molecule has 2 saturated heterocycles. The second kappa shape index (κ2) is 9.19. The molecule has 0 bridgehead atoms. The molecule has 0 radical (unpaired) electrons. The fraction of sp³-hybridized carbons (Fsp3) is 0.684. The van der Waals surface area contributed by atoms with Crippen molar-refractivity contribution in [1.29, 1.82) is 0 Å². The van der Waals surface area contributed by atoms with Gasteiger partial charge in [0.05, 0.1) is 16.4 Å². The van der Waals surface area contributed by atoms with Crippen LogP contribution in [0.5, 0.6) is 0 Å². The van der Waals surface area contributed by atoms with E-state index < -0.39 is 31.5 Å². The first-order valence-electron chi connectivity index (χ1n) is 10.3.